The van der Waals surface area contributed by atoms with Crippen LogP contribution >= 0.6 is 0 Å². The molecule has 0 fully saturated rings. The molecule has 0 aliphatic carbocycles. The van der Waals surface area contributed by atoms with Gasteiger partial charge in [-0.2, -0.15) is 0 Å². The number of nitrogens with one attached hydrogen (secondary N) is 4. The van der Waals surface area contributed by atoms with E-state index < -0.39 is 54.0 Å². The number of ether oxygens (including phenoxy) is 1. The van der Waals surface area contributed by atoms with Crippen LogP contribution in [0.15, 0.2) is 84.9 Å². The van der Waals surface area contributed by atoms with E-state index in [1.165, 1.54) is 4.90 Å². The first-order valence-corrected chi connectivity index (χ1v) is 16.9. The van der Waals surface area contributed by atoms with Crippen LogP contribution in [-0.4, -0.2) is 86.1 Å². The van der Waals surface area contributed by atoms with Crippen LogP contribution in [0.2, 0.25) is 0 Å². The Morgan fingerprint density at radius 1 is 0.800 bits per heavy atom. The van der Waals surface area contributed by atoms with Gasteiger partial charge in [0.15, 0.2) is 0 Å². The average molecular weight is 687 g/mol. The van der Waals surface area contributed by atoms with E-state index in [1.807, 2.05) is 98.8 Å². The number of aliphatic hydroxyl groups is 2. The van der Waals surface area contributed by atoms with Gasteiger partial charge in [0.1, 0.15) is 29.7 Å². The standard InChI is InChI=1S/C38H50N6O6/c1-24(2)32(43-36(48)44(6)23-31-39-27-19-13-14-20-28(27)40-31)35(47)41-29(21-25-15-9-7-10-16-25)33(45)34(46)30(22-26-17-11-8-12-18-26)42-37(49)50-38(3,4)5/h7-20,24,29-30,32-34,45-46H,21-23H2,1-6H3,(H,39,40)(H,41,47)(H,42,49)(H,43,48)/t29?,30?,32-,33?,34?/m0/s1. The van der Waals surface area contributed by atoms with Gasteiger partial charge in [-0.05, 0) is 62.8 Å². The van der Waals surface area contributed by atoms with E-state index in [4.69, 9.17) is 4.74 Å². The van der Waals surface area contributed by atoms with E-state index in [1.54, 1.807) is 27.8 Å². The minimum atomic E-state index is -1.53. The van der Waals surface area contributed by atoms with E-state index >= 15 is 0 Å². The summed E-state index contributed by atoms with van der Waals surface area (Å²) in [5, 5.41) is 31.8. The number of carbonyl (C=O) groups excluding carboxylic acids is 3. The maximum absolute atomic E-state index is 13.9. The molecule has 0 saturated carbocycles. The molecular weight excluding hydrogens is 636 g/mol. The number of benzene rings is 3. The van der Waals surface area contributed by atoms with Crippen LogP contribution in [0.25, 0.3) is 11.0 Å². The molecule has 12 nitrogen and oxygen atoms in total. The number of urea groups is 1. The normalized spacial score (nSPS) is 14.7. The number of hydrogen-bond donors (Lipinski definition) is 6. The summed E-state index contributed by atoms with van der Waals surface area (Å²) in [6.07, 6.45) is -3.43. The first-order chi connectivity index (χ1) is 23.7. The first kappa shape index (κ1) is 37.9. The Kier molecular flexibility index (Phi) is 13.0. The Hall–Kier alpha value is -4.94. The number of para-hydroxylation sites is 2. The lowest BCUT2D eigenvalue weighted by atomic mass is 9.90. The third-order valence-electron chi connectivity index (χ3n) is 8.20. The van der Waals surface area contributed by atoms with Crippen LogP contribution in [0.1, 0.15) is 51.6 Å². The smallest absolute Gasteiger partial charge is 0.407 e. The number of aliphatic hydroxyl groups excluding tert-OH is 2. The fourth-order valence-corrected chi connectivity index (χ4v) is 5.61. The molecule has 4 unspecified atom stereocenters. The van der Waals surface area contributed by atoms with Gasteiger partial charge in [0, 0.05) is 7.05 Å². The molecule has 4 aromatic rings. The molecule has 50 heavy (non-hydrogen) atoms. The molecule has 6 N–H and O–H groups in total. The van der Waals surface area contributed by atoms with Crippen molar-refractivity contribution in [3.63, 3.8) is 0 Å². The number of imidazole rings is 1. The number of H-pyrrole nitrogens is 1. The Balaban J connectivity index is 1.52. The third kappa shape index (κ3) is 11.0. The van der Waals surface area contributed by atoms with Crippen molar-refractivity contribution in [3.8, 4) is 0 Å². The monoisotopic (exact) mass is 686 g/mol. The first-order valence-electron chi connectivity index (χ1n) is 16.9. The summed E-state index contributed by atoms with van der Waals surface area (Å²) >= 11 is 0. The van der Waals surface area contributed by atoms with Crippen LogP contribution in [0.4, 0.5) is 9.59 Å². The predicted octanol–water partition coefficient (Wildman–Crippen LogP) is 4.31. The van der Waals surface area contributed by atoms with Gasteiger partial charge in [0.2, 0.25) is 5.91 Å². The predicted molar refractivity (Wildman–Crippen MR) is 192 cm³/mol. The zero-order valence-corrected chi connectivity index (χ0v) is 29.6. The van der Waals surface area contributed by atoms with Gasteiger partial charge in [0.05, 0.1) is 29.7 Å². The molecule has 4 rings (SSSR count). The fraction of sp³-hybridized carbons (Fsp3) is 0.421. The second-order valence-electron chi connectivity index (χ2n) is 14.0. The fourth-order valence-electron chi connectivity index (χ4n) is 5.61. The van der Waals surface area contributed by atoms with Crippen LogP contribution in [-0.2, 0) is 28.9 Å². The molecule has 1 heterocycles. The molecule has 4 amide bonds. The number of aromatic nitrogens is 2. The summed E-state index contributed by atoms with van der Waals surface area (Å²) < 4.78 is 5.46. The lowest BCUT2D eigenvalue weighted by molar-refractivity contribution is -0.126. The van der Waals surface area contributed by atoms with Crippen molar-refractivity contribution in [3.05, 3.63) is 102 Å². The Bertz CT molecular complexity index is 1660. The minimum Gasteiger partial charge on any atom is -0.444 e. The number of alkyl carbamates (subject to hydrolysis) is 1. The maximum atomic E-state index is 13.9. The molecule has 1 aromatic heterocycles. The summed E-state index contributed by atoms with van der Waals surface area (Å²) in [6.45, 7) is 8.99. The molecule has 268 valence electrons. The summed E-state index contributed by atoms with van der Waals surface area (Å²) in [5.41, 5.74) is 2.48. The van der Waals surface area contributed by atoms with Crippen molar-refractivity contribution in [2.75, 3.05) is 7.05 Å². The molecule has 0 aliphatic rings. The maximum Gasteiger partial charge on any atom is 0.407 e. The lowest BCUT2D eigenvalue weighted by Gasteiger charge is -2.34. The van der Waals surface area contributed by atoms with Gasteiger partial charge in [-0.25, -0.2) is 14.6 Å². The molecule has 0 aliphatic heterocycles. The largest absolute Gasteiger partial charge is 0.444 e. The third-order valence-corrected chi connectivity index (χ3v) is 8.20. The topological polar surface area (TPSA) is 169 Å². The molecule has 0 bridgehead atoms. The number of fused-ring (bicyclic) bond motifs is 1. The molecule has 0 saturated heterocycles. The van der Waals surface area contributed by atoms with Crippen molar-refractivity contribution in [1.82, 2.24) is 30.8 Å². The van der Waals surface area contributed by atoms with E-state index in [0.717, 1.165) is 22.2 Å². The summed E-state index contributed by atoms with van der Waals surface area (Å²) in [7, 11) is 1.61. The number of carbonyl (C=O) groups is 3. The minimum absolute atomic E-state index is 0.167. The van der Waals surface area contributed by atoms with Crippen LogP contribution in [0, 0.1) is 5.92 Å². The molecule has 12 heteroatoms. The van der Waals surface area contributed by atoms with Gasteiger partial charge in [0.25, 0.3) is 0 Å². The average Bonchev–Trinajstić information content (AvgIpc) is 3.48. The van der Waals surface area contributed by atoms with Crippen molar-refractivity contribution < 1.29 is 29.3 Å². The van der Waals surface area contributed by atoms with Crippen LogP contribution < -0.4 is 16.0 Å². The second kappa shape index (κ2) is 17.1. The van der Waals surface area contributed by atoms with Crippen molar-refractivity contribution in [2.24, 2.45) is 5.92 Å². The Labute approximate surface area is 293 Å². The van der Waals surface area contributed by atoms with Gasteiger partial charge >= 0.3 is 12.1 Å². The van der Waals surface area contributed by atoms with E-state index in [2.05, 4.69) is 25.9 Å². The number of rotatable bonds is 14. The molecule has 0 radical (unpaired) electrons. The van der Waals surface area contributed by atoms with Crippen LogP contribution in [0.5, 0.6) is 0 Å². The van der Waals surface area contributed by atoms with Gasteiger partial charge in [-0.3, -0.25) is 4.79 Å². The van der Waals surface area contributed by atoms with Crippen molar-refractivity contribution in [2.45, 2.75) is 89.9 Å². The summed E-state index contributed by atoms with van der Waals surface area (Å²) in [5.74, 6) is -0.255. The number of amides is 4. The Morgan fingerprint density at radius 2 is 1.32 bits per heavy atom. The molecule has 3 aromatic carbocycles. The zero-order chi connectivity index (χ0) is 36.4. The van der Waals surface area contributed by atoms with Gasteiger partial charge in [-0.15, -0.1) is 0 Å². The number of aromatic amines is 1. The highest BCUT2D eigenvalue weighted by molar-refractivity contribution is 5.87. The molecular formula is C38H50N6O6. The van der Waals surface area contributed by atoms with E-state index in [-0.39, 0.29) is 25.3 Å². The highest BCUT2D eigenvalue weighted by Gasteiger charge is 2.37. The van der Waals surface area contributed by atoms with Crippen molar-refractivity contribution >= 4 is 29.1 Å². The van der Waals surface area contributed by atoms with E-state index in [9.17, 15) is 24.6 Å². The lowest BCUT2D eigenvalue weighted by Crippen LogP contribution is -2.60. The number of hydrogen-bond acceptors (Lipinski definition) is 7. The van der Waals surface area contributed by atoms with Gasteiger partial charge in [-0.1, -0.05) is 86.6 Å². The SMILES string of the molecule is CC(C)[C@H](NC(=O)N(C)Cc1nc2ccccc2[nH]1)C(=O)NC(Cc1ccccc1)C(O)C(O)C(Cc1ccccc1)NC(=O)OC(C)(C)C. The summed E-state index contributed by atoms with van der Waals surface area (Å²) in [6, 6.07) is 22.7. The second-order valence-corrected chi connectivity index (χ2v) is 14.0. The van der Waals surface area contributed by atoms with E-state index in [0.29, 0.717) is 5.82 Å². The molecule has 0 spiro atoms. The summed E-state index contributed by atoms with van der Waals surface area (Å²) in [4.78, 5) is 49.2. The quantitative estimate of drug-likeness (QED) is 0.115. The highest BCUT2D eigenvalue weighted by atomic mass is 16.6. The number of nitrogens with zero attached hydrogens (tertiary/aromatic N) is 2. The zero-order valence-electron chi connectivity index (χ0n) is 29.6. The van der Waals surface area contributed by atoms with Gasteiger partial charge < -0.3 is 40.8 Å². The van der Waals surface area contributed by atoms with Crippen molar-refractivity contribution in [1.29, 1.82) is 0 Å². The molecule has 5 atom stereocenters. The highest BCUT2D eigenvalue weighted by Crippen LogP contribution is 2.17. The Morgan fingerprint density at radius 3 is 1.84 bits per heavy atom. The van der Waals surface area contributed by atoms with Crippen LogP contribution in [0.3, 0.4) is 0 Å².